The number of nitrogens with one attached hydrogen (secondary N) is 2. The fourth-order valence-corrected chi connectivity index (χ4v) is 20.4. The Labute approximate surface area is 486 Å². The summed E-state index contributed by atoms with van der Waals surface area (Å²) in [5, 5.41) is 5.07. The highest BCUT2D eigenvalue weighted by Crippen LogP contribution is 2.79. The minimum Gasteiger partial charge on any atom is -0.406 e. The Balaban J connectivity index is 0.856. The van der Waals surface area contributed by atoms with E-state index >= 15 is 0 Å². The molecular formula is C62H76F5N5O6S3Si. The van der Waals surface area contributed by atoms with E-state index in [-0.39, 0.29) is 21.4 Å². The van der Waals surface area contributed by atoms with Crippen LogP contribution in [0.15, 0.2) is 159 Å². The van der Waals surface area contributed by atoms with Crippen LogP contribution in [-0.4, -0.2) is 124 Å². The van der Waals surface area contributed by atoms with Gasteiger partial charge >= 0.3 is 5.51 Å². The minimum absolute atomic E-state index is 0.0347. The molecule has 1 amide bonds. The van der Waals surface area contributed by atoms with Crippen molar-refractivity contribution in [3.05, 3.63) is 150 Å². The maximum atomic E-state index is 14.5. The van der Waals surface area contributed by atoms with E-state index in [1.807, 2.05) is 78.5 Å². The molecule has 4 aliphatic carbocycles. The Morgan fingerprint density at radius 3 is 1.94 bits per heavy atom. The van der Waals surface area contributed by atoms with Gasteiger partial charge in [0.25, 0.3) is 34.1 Å². The Morgan fingerprint density at radius 2 is 1.38 bits per heavy atom. The highest BCUT2D eigenvalue weighted by molar-refractivity contribution is 7.99. The number of piperazine rings is 1. The van der Waals surface area contributed by atoms with Crippen LogP contribution >= 0.6 is 11.8 Å². The lowest BCUT2D eigenvalue weighted by Gasteiger charge is -2.72. The average molecular weight is 1210 g/mol. The number of carbonyl (C=O) groups excluding carboxylic acids is 1. The van der Waals surface area contributed by atoms with Crippen LogP contribution in [0, 0.1) is 16.2 Å². The number of allylic oxidation sites excluding steroid dienone is 1. The monoisotopic (exact) mass is 1210 g/mol. The Morgan fingerprint density at radius 1 is 0.793 bits per heavy atom. The van der Waals surface area contributed by atoms with Gasteiger partial charge in [0.05, 0.1) is 10.6 Å². The van der Waals surface area contributed by atoms with Gasteiger partial charge in [0.1, 0.15) is 4.90 Å². The first-order chi connectivity index (χ1) is 38.7. The van der Waals surface area contributed by atoms with Crippen LogP contribution < -0.4 is 25.3 Å². The predicted molar refractivity (Wildman–Crippen MR) is 319 cm³/mol. The highest BCUT2D eigenvalue weighted by Gasteiger charge is 2.73. The fraction of sp³-hybridized carbons (Fsp3) is 0.468. The predicted octanol–water partition coefficient (Wildman–Crippen LogP) is 11.6. The second-order valence-electron chi connectivity index (χ2n) is 24.8. The first kappa shape index (κ1) is 61.5. The molecule has 5 aromatic carbocycles. The van der Waals surface area contributed by atoms with Crippen LogP contribution in [-0.2, 0) is 24.3 Å². The lowest BCUT2D eigenvalue weighted by Crippen LogP contribution is -2.67. The smallest absolute Gasteiger partial charge is 0.406 e. The van der Waals surface area contributed by atoms with Crippen molar-refractivity contribution in [2.24, 2.45) is 16.2 Å². The van der Waals surface area contributed by atoms with Crippen molar-refractivity contribution >= 4 is 67.6 Å². The number of sulfonamides is 1. The van der Waals surface area contributed by atoms with E-state index in [1.165, 1.54) is 35.0 Å². The standard InChI is InChI=1S/C62H76F5N5O6S3Si/c1-58(2,3)82(51-18-12-8-13-19-51,52-20-14-9-15-21-52)78-37-36-70(6)31-29-47(41-79-49-16-10-7-11-17-49)68-54-27-26-50(38-55(54)80(74,75)62(65,66)67)81(76,77)69-56(73)45-22-24-48(25-23-45)72-34-32-71(33-35-72)40-46-28-30-59(4,5)39-53(46)60-42-61(43-60,44-60)57(63)64/h7-27,38,47,57,68H,28-37,39-44H2,1-6H3,(H,69,73)/t47-,60?,61?/m1/s1. The van der Waals surface area contributed by atoms with Gasteiger partial charge in [-0.25, -0.2) is 30.3 Å². The summed E-state index contributed by atoms with van der Waals surface area (Å²) in [5.74, 6) is -0.748. The first-order valence-corrected chi connectivity index (χ1v) is 34.0. The van der Waals surface area contributed by atoms with Crippen molar-refractivity contribution in [1.29, 1.82) is 0 Å². The van der Waals surface area contributed by atoms with E-state index in [4.69, 9.17) is 4.43 Å². The summed E-state index contributed by atoms with van der Waals surface area (Å²) >= 11 is 1.43. The molecule has 5 aliphatic rings. The highest BCUT2D eigenvalue weighted by atomic mass is 32.2. The topological polar surface area (TPSA) is 128 Å². The van der Waals surface area contributed by atoms with Crippen molar-refractivity contribution in [2.45, 2.75) is 117 Å². The number of likely N-dealkylation sites (N-methyl/N-ethyl adjacent to an activating group) is 1. The lowest BCUT2D eigenvalue weighted by atomic mass is 9.32. The van der Waals surface area contributed by atoms with Gasteiger partial charge in [0.15, 0.2) is 0 Å². The van der Waals surface area contributed by atoms with Gasteiger partial charge in [-0.2, -0.15) is 13.2 Å². The van der Waals surface area contributed by atoms with Gasteiger partial charge in [0.2, 0.25) is 6.43 Å². The van der Waals surface area contributed by atoms with E-state index in [1.54, 1.807) is 12.1 Å². The molecule has 82 heavy (non-hydrogen) atoms. The largest absolute Gasteiger partial charge is 0.501 e. The third-order valence-corrected chi connectivity index (χ3v) is 26.4. The molecule has 0 unspecified atom stereocenters. The number of halogens is 5. The zero-order chi connectivity index (χ0) is 58.9. The number of benzene rings is 5. The van der Waals surface area contributed by atoms with Crippen LogP contribution in [0.5, 0.6) is 0 Å². The zero-order valence-corrected chi connectivity index (χ0v) is 51.0. The summed E-state index contributed by atoms with van der Waals surface area (Å²) in [6.45, 7) is 16.2. The number of thioether (sulfide) groups is 1. The van der Waals surface area contributed by atoms with Gasteiger partial charge in [-0.1, -0.05) is 125 Å². The number of anilines is 2. The molecule has 0 radical (unpaired) electrons. The molecule has 5 aromatic rings. The summed E-state index contributed by atoms with van der Waals surface area (Å²) in [7, 11) is -12.0. The zero-order valence-electron chi connectivity index (χ0n) is 47.6. The molecule has 3 saturated carbocycles. The van der Waals surface area contributed by atoms with E-state index in [0.29, 0.717) is 70.3 Å². The van der Waals surface area contributed by atoms with Crippen LogP contribution in [0.1, 0.15) is 89.9 Å². The normalized spacial score (nSPS) is 21.0. The Kier molecular flexibility index (Phi) is 18.1. The van der Waals surface area contributed by atoms with E-state index < -0.39 is 73.0 Å². The van der Waals surface area contributed by atoms with Crippen molar-refractivity contribution in [1.82, 2.24) is 14.5 Å². The summed E-state index contributed by atoms with van der Waals surface area (Å²) in [6, 6.07) is 38.0. The van der Waals surface area contributed by atoms with E-state index in [0.717, 1.165) is 72.0 Å². The average Bonchev–Trinajstić information content (AvgIpc) is 0.710. The number of hydrogen-bond acceptors (Lipinski definition) is 11. The third-order valence-electron chi connectivity index (χ3n) is 17.3. The number of amides is 1. The number of rotatable bonds is 23. The van der Waals surface area contributed by atoms with Crippen LogP contribution in [0.25, 0.3) is 0 Å². The fourth-order valence-electron chi connectivity index (χ4n) is 12.9. The van der Waals surface area contributed by atoms with Crippen LogP contribution in [0.2, 0.25) is 5.04 Å². The summed E-state index contributed by atoms with van der Waals surface area (Å²) in [6.07, 6.45) is 2.85. The van der Waals surface area contributed by atoms with Crippen molar-refractivity contribution in [3.63, 3.8) is 0 Å². The number of carbonyl (C=O) groups is 1. The summed E-state index contributed by atoms with van der Waals surface area (Å²) in [5.41, 5.74) is -3.33. The number of alkyl halides is 5. The molecule has 1 aliphatic heterocycles. The summed E-state index contributed by atoms with van der Waals surface area (Å²) < 4.78 is 135. The van der Waals surface area contributed by atoms with Crippen molar-refractivity contribution in [3.8, 4) is 0 Å². The number of nitrogens with zero attached hydrogens (tertiary/aromatic N) is 3. The second kappa shape index (κ2) is 24.1. The molecule has 1 atom stereocenters. The molecule has 11 nitrogen and oxygen atoms in total. The SMILES string of the molecule is CN(CCO[Si](c1ccccc1)(c1ccccc1)C(C)(C)C)CC[C@H](CSc1ccccc1)Nc1ccc(S(=O)(=O)NC(=O)c2ccc(N3CCN(CC4=C(C56CC(C(F)F)(C5)C6)CC(C)(C)CC4)CC3)cc2)cc1S(=O)(=O)C(F)(F)F. The second-order valence-corrected chi connectivity index (χ2v) is 33.8. The first-order valence-electron chi connectivity index (χ1n) is 28.1. The maximum Gasteiger partial charge on any atom is 0.501 e. The van der Waals surface area contributed by atoms with Crippen molar-refractivity contribution < 1.29 is 48.0 Å². The molecule has 442 valence electrons. The quantitative estimate of drug-likeness (QED) is 0.0281. The van der Waals surface area contributed by atoms with E-state index in [2.05, 4.69) is 78.9 Å². The van der Waals surface area contributed by atoms with Crippen LogP contribution in [0.4, 0.5) is 33.3 Å². The molecule has 1 heterocycles. The third kappa shape index (κ3) is 13.1. The van der Waals surface area contributed by atoms with Gasteiger partial charge in [-0.15, -0.1) is 11.8 Å². The summed E-state index contributed by atoms with van der Waals surface area (Å²) in [4.78, 5) is 18.9. The van der Waals surface area contributed by atoms with Gasteiger partial charge in [-0.3, -0.25) is 9.69 Å². The molecule has 2 N–H and O–H groups in total. The lowest BCUT2D eigenvalue weighted by molar-refractivity contribution is -0.250. The Hall–Kier alpha value is -5.09. The van der Waals surface area contributed by atoms with Gasteiger partial charge < -0.3 is 19.5 Å². The molecule has 4 fully saturated rings. The molecule has 0 spiro atoms. The van der Waals surface area contributed by atoms with Crippen LogP contribution in [0.3, 0.4) is 0 Å². The molecular weight excluding hydrogens is 1130 g/mol. The van der Waals surface area contributed by atoms with E-state index in [9.17, 15) is 43.6 Å². The maximum absolute atomic E-state index is 14.5. The van der Waals surface area contributed by atoms with Crippen molar-refractivity contribution in [2.75, 3.05) is 75.4 Å². The number of sulfone groups is 1. The van der Waals surface area contributed by atoms with Gasteiger partial charge in [0, 0.05) is 79.2 Å². The number of hydrogen-bond donors (Lipinski definition) is 2. The minimum atomic E-state index is -6.14. The molecule has 1 saturated heterocycles. The van der Waals surface area contributed by atoms with Gasteiger partial charge in [-0.05, 0) is 139 Å². The molecule has 20 heteroatoms. The molecule has 10 rings (SSSR count). The molecule has 2 bridgehead atoms. The Bertz CT molecular complexity index is 3250. The molecule has 0 aromatic heterocycles.